The molecule has 1 heterocycles. The van der Waals surface area contributed by atoms with E-state index in [-0.39, 0.29) is 11.7 Å². The Kier molecular flexibility index (Phi) is 5.32. The largest absolute Gasteiger partial charge is 0.465 e. The molecule has 0 amide bonds. The number of carbonyl (C=O) groups excluding carboxylic acids is 1. The lowest BCUT2D eigenvalue weighted by Crippen LogP contribution is -2.06. The monoisotopic (exact) mass is 348 g/mol. The van der Waals surface area contributed by atoms with Crippen molar-refractivity contribution in [3.8, 4) is 17.2 Å². The molecule has 1 aromatic heterocycles. The van der Waals surface area contributed by atoms with Crippen molar-refractivity contribution in [3.05, 3.63) is 60.4 Å². The summed E-state index contributed by atoms with van der Waals surface area (Å²) in [5, 5.41) is 11.2. The number of carbonyl (C=O) groups is 1. The molecule has 0 aliphatic carbocycles. The number of aromatic nitrogens is 1. The van der Waals surface area contributed by atoms with E-state index in [1.165, 1.54) is 11.8 Å². The van der Waals surface area contributed by atoms with Gasteiger partial charge in [-0.3, -0.25) is 9.78 Å². The molecule has 0 saturated heterocycles. The number of nitriles is 1. The van der Waals surface area contributed by atoms with Crippen LogP contribution in [0.1, 0.15) is 12.5 Å². The number of rotatable bonds is 5. The Bertz CT molecular complexity index is 963. The lowest BCUT2D eigenvalue weighted by Gasteiger charge is -2.12. The van der Waals surface area contributed by atoms with Gasteiger partial charge in [-0.2, -0.15) is 5.26 Å². The molecule has 0 spiro atoms. The molecular weight excluding hydrogens is 332 g/mol. The van der Waals surface area contributed by atoms with Gasteiger partial charge in [-0.1, -0.05) is 30.3 Å². The summed E-state index contributed by atoms with van der Waals surface area (Å²) in [6.07, 6.45) is 3.50. The summed E-state index contributed by atoms with van der Waals surface area (Å²) < 4.78 is 5.00. The summed E-state index contributed by atoms with van der Waals surface area (Å²) >= 11 is 1.43. The van der Waals surface area contributed by atoms with Crippen molar-refractivity contribution in [1.29, 1.82) is 5.26 Å². The van der Waals surface area contributed by atoms with Gasteiger partial charge in [-0.05, 0) is 30.0 Å². The van der Waals surface area contributed by atoms with Crippen molar-refractivity contribution < 1.29 is 9.53 Å². The minimum Gasteiger partial charge on any atom is -0.465 e. The summed E-state index contributed by atoms with van der Waals surface area (Å²) in [4.78, 5) is 16.9. The van der Waals surface area contributed by atoms with Crippen LogP contribution in [0.25, 0.3) is 21.9 Å². The molecule has 3 aromatic rings. The van der Waals surface area contributed by atoms with Gasteiger partial charge in [-0.25, -0.2) is 0 Å². The fourth-order valence-electron chi connectivity index (χ4n) is 2.68. The molecular formula is C20H16N2O2S. The first kappa shape index (κ1) is 17.0. The smallest absolute Gasteiger partial charge is 0.316 e. The first-order valence-electron chi connectivity index (χ1n) is 7.89. The maximum Gasteiger partial charge on any atom is 0.316 e. The van der Waals surface area contributed by atoms with Gasteiger partial charge in [0.1, 0.15) is 0 Å². The van der Waals surface area contributed by atoms with Crippen LogP contribution in [0.15, 0.2) is 59.8 Å². The number of thioether (sulfide) groups is 1. The number of fused-ring (bicyclic) bond motifs is 1. The second kappa shape index (κ2) is 7.82. The minimum atomic E-state index is -0.236. The summed E-state index contributed by atoms with van der Waals surface area (Å²) in [7, 11) is 0. The van der Waals surface area contributed by atoms with Crippen LogP contribution >= 0.6 is 11.8 Å². The zero-order valence-corrected chi connectivity index (χ0v) is 14.5. The van der Waals surface area contributed by atoms with Crippen LogP contribution in [0.4, 0.5) is 0 Å². The topological polar surface area (TPSA) is 63.0 Å². The third kappa shape index (κ3) is 3.65. The summed E-state index contributed by atoms with van der Waals surface area (Å²) in [6.45, 7) is 2.17. The molecule has 124 valence electrons. The number of hydrogen-bond donors (Lipinski definition) is 0. The highest BCUT2D eigenvalue weighted by atomic mass is 32.2. The third-order valence-corrected chi connectivity index (χ3v) is 4.81. The minimum absolute atomic E-state index is 0.236. The van der Waals surface area contributed by atoms with E-state index in [0.717, 1.165) is 26.8 Å². The van der Waals surface area contributed by atoms with Crippen LogP contribution in [0.5, 0.6) is 0 Å². The number of ether oxygens (including phenoxy) is 1. The van der Waals surface area contributed by atoms with Crippen molar-refractivity contribution in [2.75, 3.05) is 12.4 Å². The van der Waals surface area contributed by atoms with Gasteiger partial charge in [0.2, 0.25) is 0 Å². The second-order valence-corrected chi connectivity index (χ2v) is 6.30. The predicted octanol–water partition coefficient (Wildman–Crippen LogP) is 4.43. The van der Waals surface area contributed by atoms with Gasteiger partial charge in [0.05, 0.1) is 24.0 Å². The zero-order chi connectivity index (χ0) is 17.6. The number of nitrogens with zero attached hydrogens (tertiary/aromatic N) is 2. The van der Waals surface area contributed by atoms with Crippen molar-refractivity contribution >= 4 is 28.5 Å². The fourth-order valence-corrected chi connectivity index (χ4v) is 3.51. The fraction of sp³-hybridized carbons (Fsp3) is 0.150. The van der Waals surface area contributed by atoms with E-state index in [1.807, 2.05) is 42.5 Å². The normalized spacial score (nSPS) is 10.4. The van der Waals surface area contributed by atoms with Crippen LogP contribution in [0.3, 0.4) is 0 Å². The molecule has 0 saturated carbocycles. The molecule has 0 radical (unpaired) electrons. The Morgan fingerprint density at radius 1 is 1.16 bits per heavy atom. The summed E-state index contributed by atoms with van der Waals surface area (Å²) in [6, 6.07) is 15.7. The van der Waals surface area contributed by atoms with Crippen molar-refractivity contribution in [3.63, 3.8) is 0 Å². The van der Waals surface area contributed by atoms with Gasteiger partial charge in [0, 0.05) is 28.2 Å². The van der Waals surface area contributed by atoms with E-state index in [2.05, 4.69) is 11.1 Å². The zero-order valence-electron chi connectivity index (χ0n) is 13.7. The molecule has 0 atom stereocenters. The quantitative estimate of drug-likeness (QED) is 0.504. The molecule has 0 fully saturated rings. The molecule has 0 bridgehead atoms. The highest BCUT2D eigenvalue weighted by Gasteiger charge is 2.13. The molecule has 25 heavy (non-hydrogen) atoms. The number of esters is 1. The average Bonchev–Trinajstić information content (AvgIpc) is 2.66. The Morgan fingerprint density at radius 3 is 2.72 bits per heavy atom. The van der Waals surface area contributed by atoms with Crippen LogP contribution in [-0.4, -0.2) is 23.3 Å². The highest BCUT2D eigenvalue weighted by Crippen LogP contribution is 2.36. The van der Waals surface area contributed by atoms with E-state index < -0.39 is 0 Å². The molecule has 0 N–H and O–H groups in total. The number of hydrogen-bond acceptors (Lipinski definition) is 5. The van der Waals surface area contributed by atoms with E-state index >= 15 is 0 Å². The summed E-state index contributed by atoms with van der Waals surface area (Å²) in [5.74, 6) is 0.0129. The SMILES string of the molecule is CCOC(=O)CSc1ccncc1-c1ccc(C#N)c2ccccc12. The van der Waals surface area contributed by atoms with Gasteiger partial charge in [0.15, 0.2) is 0 Å². The van der Waals surface area contributed by atoms with Gasteiger partial charge >= 0.3 is 5.97 Å². The Balaban J connectivity index is 2.05. The maximum absolute atomic E-state index is 11.7. The first-order valence-corrected chi connectivity index (χ1v) is 8.87. The van der Waals surface area contributed by atoms with Gasteiger partial charge < -0.3 is 4.74 Å². The first-order chi connectivity index (χ1) is 12.2. The van der Waals surface area contributed by atoms with Gasteiger partial charge in [0.25, 0.3) is 0 Å². The third-order valence-electron chi connectivity index (χ3n) is 3.77. The highest BCUT2D eigenvalue weighted by molar-refractivity contribution is 8.00. The Morgan fingerprint density at radius 2 is 1.96 bits per heavy atom. The average molecular weight is 348 g/mol. The molecule has 2 aromatic carbocycles. The summed E-state index contributed by atoms with van der Waals surface area (Å²) in [5.41, 5.74) is 2.58. The van der Waals surface area contributed by atoms with E-state index in [9.17, 15) is 10.1 Å². The Hall–Kier alpha value is -2.84. The van der Waals surface area contributed by atoms with Crippen LogP contribution in [0.2, 0.25) is 0 Å². The lowest BCUT2D eigenvalue weighted by atomic mass is 9.96. The molecule has 0 aliphatic heterocycles. The molecule has 5 heteroatoms. The van der Waals surface area contributed by atoms with E-state index in [0.29, 0.717) is 12.2 Å². The van der Waals surface area contributed by atoms with Crippen molar-refractivity contribution in [2.45, 2.75) is 11.8 Å². The second-order valence-electron chi connectivity index (χ2n) is 5.28. The molecule has 4 nitrogen and oxygen atoms in total. The van der Waals surface area contributed by atoms with Crippen LogP contribution in [0, 0.1) is 11.3 Å². The van der Waals surface area contributed by atoms with Crippen molar-refractivity contribution in [2.24, 2.45) is 0 Å². The number of benzene rings is 2. The molecule has 0 unspecified atom stereocenters. The van der Waals surface area contributed by atoms with Crippen molar-refractivity contribution in [1.82, 2.24) is 4.98 Å². The lowest BCUT2D eigenvalue weighted by molar-refractivity contribution is -0.139. The molecule has 3 rings (SSSR count). The maximum atomic E-state index is 11.7. The van der Waals surface area contributed by atoms with Crippen LogP contribution < -0.4 is 0 Å². The predicted molar refractivity (Wildman–Crippen MR) is 99.3 cm³/mol. The number of pyridine rings is 1. The van der Waals surface area contributed by atoms with Crippen LogP contribution in [-0.2, 0) is 9.53 Å². The van der Waals surface area contributed by atoms with Gasteiger partial charge in [-0.15, -0.1) is 11.8 Å². The van der Waals surface area contributed by atoms with E-state index in [4.69, 9.17) is 4.74 Å². The Labute approximate surface area is 150 Å². The molecule has 0 aliphatic rings. The van der Waals surface area contributed by atoms with E-state index in [1.54, 1.807) is 19.3 Å². The standard InChI is InChI=1S/C20H16N2O2S/c1-2-24-20(23)13-25-19-9-10-22-12-18(19)17-8-7-14(11-21)15-5-3-4-6-16(15)17/h3-10,12H,2,13H2,1H3.